The molecule has 1 aromatic heterocycles. The van der Waals surface area contributed by atoms with Gasteiger partial charge in [0.05, 0.1) is 6.54 Å². The lowest BCUT2D eigenvalue weighted by Gasteiger charge is -2.28. The predicted molar refractivity (Wildman–Crippen MR) is 92.0 cm³/mol. The number of benzene rings is 1. The van der Waals surface area contributed by atoms with Crippen LogP contribution in [0, 0.1) is 18.8 Å². The molecule has 0 aliphatic carbocycles. The van der Waals surface area contributed by atoms with Gasteiger partial charge in [-0.2, -0.15) is 0 Å². The van der Waals surface area contributed by atoms with E-state index in [4.69, 9.17) is 0 Å². The molecule has 0 saturated carbocycles. The molecule has 2 saturated heterocycles. The summed E-state index contributed by atoms with van der Waals surface area (Å²) in [5, 5.41) is 0. The summed E-state index contributed by atoms with van der Waals surface area (Å²) in [6.45, 7) is 6.81. The lowest BCUT2D eigenvalue weighted by atomic mass is 9.88. The third kappa shape index (κ3) is 2.60. The number of fused-ring (bicyclic) bond motifs is 1. The van der Waals surface area contributed by atoms with Crippen LogP contribution in [0.1, 0.15) is 23.0 Å². The third-order valence-electron chi connectivity index (χ3n) is 5.76. The Hall–Kier alpha value is -1.65. The largest absolute Gasteiger partial charge is 0.337 e. The minimum Gasteiger partial charge on any atom is -0.337 e. The van der Waals surface area contributed by atoms with Crippen LogP contribution in [0.15, 0.2) is 36.7 Å². The fourth-order valence-electron chi connectivity index (χ4n) is 4.61. The van der Waals surface area contributed by atoms with Crippen molar-refractivity contribution < 1.29 is 0 Å². The topological polar surface area (TPSA) is 24.3 Å². The van der Waals surface area contributed by atoms with E-state index in [-0.39, 0.29) is 0 Å². The van der Waals surface area contributed by atoms with Crippen LogP contribution in [-0.2, 0) is 13.6 Å². The monoisotopic (exact) mass is 310 g/mol. The van der Waals surface area contributed by atoms with Crippen molar-refractivity contribution >= 4 is 0 Å². The van der Waals surface area contributed by atoms with Crippen molar-refractivity contribution in [2.75, 3.05) is 26.7 Å². The van der Waals surface area contributed by atoms with Crippen molar-refractivity contribution in [3.8, 4) is 0 Å². The van der Waals surface area contributed by atoms with E-state index in [9.17, 15) is 0 Å². The van der Waals surface area contributed by atoms with Crippen molar-refractivity contribution in [1.29, 1.82) is 0 Å². The molecule has 4 rings (SSSR count). The van der Waals surface area contributed by atoms with Crippen molar-refractivity contribution in [2.45, 2.75) is 19.5 Å². The quantitative estimate of drug-likeness (QED) is 0.870. The first-order chi connectivity index (χ1) is 11.1. The molecule has 23 heavy (non-hydrogen) atoms. The molecular weight excluding hydrogens is 284 g/mol. The highest BCUT2D eigenvalue weighted by Gasteiger charge is 2.46. The average molecular weight is 310 g/mol. The van der Waals surface area contributed by atoms with Crippen molar-refractivity contribution in [1.82, 2.24) is 19.4 Å². The molecule has 3 atom stereocenters. The maximum atomic E-state index is 4.49. The molecule has 4 nitrogen and oxygen atoms in total. The van der Waals surface area contributed by atoms with Crippen LogP contribution in [0.25, 0.3) is 0 Å². The molecule has 1 aromatic carbocycles. The van der Waals surface area contributed by atoms with Gasteiger partial charge < -0.3 is 4.57 Å². The summed E-state index contributed by atoms with van der Waals surface area (Å²) < 4.78 is 2.14. The standard InChI is InChI=1S/C19H26N4/c1-14-6-4-5-7-16(14)19-17-12-23(11-15(17)10-22(19)3)13-18-20-8-9-21(18)2/h4-9,15,17,19H,10-13H2,1-3H3/t15-,17+,19-/m0/s1. The molecule has 0 unspecified atom stereocenters. The fourth-order valence-corrected chi connectivity index (χ4v) is 4.61. The Morgan fingerprint density at radius 3 is 2.70 bits per heavy atom. The Kier molecular flexibility index (Phi) is 3.74. The maximum Gasteiger partial charge on any atom is 0.122 e. The summed E-state index contributed by atoms with van der Waals surface area (Å²) in [6.07, 6.45) is 3.94. The van der Waals surface area contributed by atoms with Gasteiger partial charge in [0.25, 0.3) is 0 Å². The SMILES string of the molecule is Cc1ccccc1[C@H]1[C@@H]2CN(Cc3nccn3C)C[C@@H]2CN1C. The molecule has 0 radical (unpaired) electrons. The number of rotatable bonds is 3. The zero-order chi connectivity index (χ0) is 16.0. The lowest BCUT2D eigenvalue weighted by Crippen LogP contribution is -2.29. The van der Waals surface area contributed by atoms with Gasteiger partial charge >= 0.3 is 0 Å². The maximum absolute atomic E-state index is 4.49. The molecule has 2 aromatic rings. The van der Waals surface area contributed by atoms with E-state index in [1.54, 1.807) is 0 Å². The van der Waals surface area contributed by atoms with Gasteiger partial charge in [-0.1, -0.05) is 24.3 Å². The van der Waals surface area contributed by atoms with Crippen molar-refractivity contribution in [2.24, 2.45) is 18.9 Å². The number of likely N-dealkylation sites (tertiary alicyclic amines) is 2. The highest BCUT2D eigenvalue weighted by molar-refractivity contribution is 5.31. The smallest absolute Gasteiger partial charge is 0.122 e. The van der Waals surface area contributed by atoms with Crippen LogP contribution in [0.5, 0.6) is 0 Å². The molecule has 0 amide bonds. The van der Waals surface area contributed by atoms with E-state index in [1.807, 2.05) is 12.4 Å². The molecule has 122 valence electrons. The minimum atomic E-state index is 0.563. The van der Waals surface area contributed by atoms with Crippen LogP contribution in [0.2, 0.25) is 0 Å². The van der Waals surface area contributed by atoms with Gasteiger partial charge in [-0.3, -0.25) is 9.80 Å². The van der Waals surface area contributed by atoms with Gasteiger partial charge in [0.15, 0.2) is 0 Å². The summed E-state index contributed by atoms with van der Waals surface area (Å²) in [7, 11) is 4.38. The number of aromatic nitrogens is 2. The molecule has 4 heteroatoms. The molecule has 0 N–H and O–H groups in total. The second-order valence-corrected chi connectivity index (χ2v) is 7.31. The third-order valence-corrected chi connectivity index (χ3v) is 5.76. The zero-order valence-corrected chi connectivity index (χ0v) is 14.3. The Labute approximate surface area is 138 Å². The van der Waals surface area contributed by atoms with Crippen molar-refractivity contribution in [3.05, 3.63) is 53.6 Å². The van der Waals surface area contributed by atoms with Crippen LogP contribution in [0.3, 0.4) is 0 Å². The van der Waals surface area contributed by atoms with Gasteiger partial charge in [-0.05, 0) is 36.9 Å². The van der Waals surface area contributed by atoms with Gasteiger partial charge in [0, 0.05) is 45.1 Å². The van der Waals surface area contributed by atoms with Crippen LogP contribution < -0.4 is 0 Å². The molecule has 2 aliphatic rings. The highest BCUT2D eigenvalue weighted by atomic mass is 15.3. The number of imidazole rings is 1. The van der Waals surface area contributed by atoms with Crippen LogP contribution >= 0.6 is 0 Å². The molecule has 0 bridgehead atoms. The number of aryl methyl sites for hydroxylation is 2. The van der Waals surface area contributed by atoms with Gasteiger partial charge in [-0.15, -0.1) is 0 Å². The summed E-state index contributed by atoms with van der Waals surface area (Å²) in [4.78, 5) is 9.65. The van der Waals surface area contributed by atoms with Gasteiger partial charge in [-0.25, -0.2) is 4.98 Å². The summed E-state index contributed by atoms with van der Waals surface area (Å²) >= 11 is 0. The molecule has 2 fully saturated rings. The number of nitrogens with zero attached hydrogens (tertiary/aromatic N) is 4. The Morgan fingerprint density at radius 2 is 1.96 bits per heavy atom. The van der Waals surface area contributed by atoms with E-state index < -0.39 is 0 Å². The Balaban J connectivity index is 1.53. The van der Waals surface area contributed by atoms with E-state index in [1.165, 1.54) is 36.6 Å². The summed E-state index contributed by atoms with van der Waals surface area (Å²) in [6, 6.07) is 9.46. The first kappa shape index (κ1) is 14.9. The van der Waals surface area contributed by atoms with E-state index in [0.29, 0.717) is 6.04 Å². The normalized spacial score (nSPS) is 28.4. The lowest BCUT2D eigenvalue weighted by molar-refractivity contribution is 0.220. The Bertz CT molecular complexity index is 692. The summed E-state index contributed by atoms with van der Waals surface area (Å²) in [5.41, 5.74) is 2.94. The summed E-state index contributed by atoms with van der Waals surface area (Å²) in [5.74, 6) is 2.69. The molecular formula is C19H26N4. The van der Waals surface area contributed by atoms with Crippen LogP contribution in [0.4, 0.5) is 0 Å². The second kappa shape index (κ2) is 5.77. The van der Waals surface area contributed by atoms with Gasteiger partial charge in [0.2, 0.25) is 0 Å². The first-order valence-electron chi connectivity index (χ1n) is 8.58. The minimum absolute atomic E-state index is 0.563. The predicted octanol–water partition coefficient (Wildman–Crippen LogP) is 2.46. The zero-order valence-electron chi connectivity index (χ0n) is 14.3. The Morgan fingerprint density at radius 1 is 1.13 bits per heavy atom. The molecule has 3 heterocycles. The first-order valence-corrected chi connectivity index (χ1v) is 8.58. The number of hydrogen-bond donors (Lipinski definition) is 0. The van der Waals surface area contributed by atoms with Gasteiger partial charge in [0.1, 0.15) is 5.82 Å². The fraction of sp³-hybridized carbons (Fsp3) is 0.526. The molecule has 2 aliphatic heterocycles. The van der Waals surface area contributed by atoms with Crippen molar-refractivity contribution in [3.63, 3.8) is 0 Å². The molecule has 0 spiro atoms. The second-order valence-electron chi connectivity index (χ2n) is 7.31. The van der Waals surface area contributed by atoms with E-state index >= 15 is 0 Å². The van der Waals surface area contributed by atoms with Crippen LogP contribution in [-0.4, -0.2) is 46.0 Å². The average Bonchev–Trinajstić information content (AvgIpc) is 3.16. The van der Waals surface area contributed by atoms with E-state index in [2.05, 4.69) is 64.6 Å². The highest BCUT2D eigenvalue weighted by Crippen LogP contribution is 2.44. The van der Waals surface area contributed by atoms with E-state index in [0.717, 1.165) is 18.4 Å². The number of hydrogen-bond acceptors (Lipinski definition) is 3.